The molecule has 1 aliphatic rings. The lowest BCUT2D eigenvalue weighted by Gasteiger charge is -2.07. The van der Waals surface area contributed by atoms with Crippen LogP contribution in [0.2, 0.25) is 5.02 Å². The third kappa shape index (κ3) is 2.20. The first kappa shape index (κ1) is 16.0. The molecule has 1 nitrogen and oxygen atoms in total. The summed E-state index contributed by atoms with van der Waals surface area (Å²) in [5.74, 6) is 0. The first-order valence-corrected chi connectivity index (χ1v) is 9.96. The summed E-state index contributed by atoms with van der Waals surface area (Å²) < 4.78 is 2.22. The van der Waals surface area contributed by atoms with E-state index < -0.39 is 0 Å². The third-order valence-corrected chi connectivity index (χ3v) is 6.34. The second-order valence-corrected chi connectivity index (χ2v) is 8.09. The van der Waals surface area contributed by atoms with Gasteiger partial charge in [-0.15, -0.1) is 0 Å². The van der Waals surface area contributed by atoms with E-state index in [0.717, 1.165) is 11.4 Å². The molecule has 28 heavy (non-hydrogen) atoms. The zero-order valence-corrected chi connectivity index (χ0v) is 16.3. The molecule has 1 aliphatic carbocycles. The molecule has 0 saturated carbocycles. The van der Waals surface area contributed by atoms with Crippen LogP contribution in [0.1, 0.15) is 11.1 Å². The summed E-state index contributed by atoms with van der Waals surface area (Å²) in [5.41, 5.74) is 10.5. The van der Waals surface area contributed by atoms with Gasteiger partial charge in [0.25, 0.3) is 0 Å². The van der Waals surface area contributed by atoms with Gasteiger partial charge in [0.05, 0.1) is 5.52 Å². The fraction of sp³-hybridized carbons (Fsp3) is 0.0769. The molecule has 4 aromatic carbocycles. The second-order valence-electron chi connectivity index (χ2n) is 7.66. The van der Waals surface area contributed by atoms with Crippen LogP contribution in [0.15, 0.2) is 78.9 Å². The third-order valence-electron chi connectivity index (χ3n) is 6.10. The van der Waals surface area contributed by atoms with E-state index in [-0.39, 0.29) is 0 Å². The van der Waals surface area contributed by atoms with Crippen molar-refractivity contribution in [3.63, 3.8) is 0 Å². The molecule has 134 valence electrons. The molecule has 0 bridgehead atoms. The highest BCUT2D eigenvalue weighted by atomic mass is 35.5. The smallest absolute Gasteiger partial charge is 0.0503 e. The van der Waals surface area contributed by atoms with Crippen molar-refractivity contribution in [2.24, 2.45) is 7.05 Å². The van der Waals surface area contributed by atoms with Crippen LogP contribution in [0.5, 0.6) is 0 Å². The molecule has 5 aromatic rings. The highest BCUT2D eigenvalue weighted by molar-refractivity contribution is 6.31. The van der Waals surface area contributed by atoms with Crippen molar-refractivity contribution in [1.82, 2.24) is 4.57 Å². The van der Waals surface area contributed by atoms with Crippen LogP contribution in [-0.4, -0.2) is 4.57 Å². The van der Waals surface area contributed by atoms with Gasteiger partial charge in [-0.1, -0.05) is 60.1 Å². The minimum absolute atomic E-state index is 0.774. The van der Waals surface area contributed by atoms with Crippen molar-refractivity contribution in [3.8, 4) is 22.3 Å². The largest absolute Gasteiger partial charge is 0.344 e. The van der Waals surface area contributed by atoms with E-state index in [0.29, 0.717) is 0 Å². The lowest BCUT2D eigenvalue weighted by molar-refractivity contribution is 1.01. The summed E-state index contributed by atoms with van der Waals surface area (Å²) >= 11 is 6.23. The number of aromatic nitrogens is 1. The molecule has 0 fully saturated rings. The quantitative estimate of drug-likeness (QED) is 0.284. The predicted octanol–water partition coefficient (Wildman–Crippen LogP) is 7.22. The van der Waals surface area contributed by atoms with Crippen LogP contribution in [0.25, 0.3) is 44.1 Å². The van der Waals surface area contributed by atoms with Gasteiger partial charge in [0.15, 0.2) is 0 Å². The molecule has 0 N–H and O–H groups in total. The van der Waals surface area contributed by atoms with Crippen LogP contribution in [0.3, 0.4) is 0 Å². The van der Waals surface area contributed by atoms with Crippen LogP contribution in [0.4, 0.5) is 0 Å². The maximum atomic E-state index is 6.23. The molecule has 0 radical (unpaired) electrons. The maximum Gasteiger partial charge on any atom is 0.0503 e. The molecular formula is C26H18ClN. The highest BCUT2D eigenvalue weighted by Crippen LogP contribution is 2.40. The highest BCUT2D eigenvalue weighted by Gasteiger charge is 2.18. The molecule has 0 unspecified atom stereocenters. The van der Waals surface area contributed by atoms with E-state index in [4.69, 9.17) is 11.6 Å². The average molecular weight is 380 g/mol. The van der Waals surface area contributed by atoms with Gasteiger partial charge >= 0.3 is 0 Å². The molecule has 0 amide bonds. The summed E-state index contributed by atoms with van der Waals surface area (Å²) in [6.45, 7) is 0. The van der Waals surface area contributed by atoms with Gasteiger partial charge in [-0.25, -0.2) is 0 Å². The Hall–Kier alpha value is -3.03. The van der Waals surface area contributed by atoms with Crippen molar-refractivity contribution in [1.29, 1.82) is 0 Å². The summed E-state index contributed by atoms with van der Waals surface area (Å²) in [4.78, 5) is 0. The minimum Gasteiger partial charge on any atom is -0.344 e. The van der Waals surface area contributed by atoms with Crippen LogP contribution in [0, 0.1) is 0 Å². The first-order chi connectivity index (χ1) is 13.7. The maximum absolute atomic E-state index is 6.23. The number of hydrogen-bond donors (Lipinski definition) is 0. The zero-order chi connectivity index (χ0) is 18.8. The lowest BCUT2D eigenvalue weighted by atomic mass is 9.97. The number of benzene rings is 4. The molecule has 1 aromatic heterocycles. The van der Waals surface area contributed by atoms with Gasteiger partial charge in [-0.3, -0.25) is 0 Å². The summed E-state index contributed by atoms with van der Waals surface area (Å²) in [6, 6.07) is 28.5. The minimum atomic E-state index is 0.774. The Bertz CT molecular complexity index is 1410. The summed E-state index contributed by atoms with van der Waals surface area (Å²) in [7, 11) is 2.10. The Morgan fingerprint density at radius 2 is 1.46 bits per heavy atom. The summed E-state index contributed by atoms with van der Waals surface area (Å²) in [5, 5.41) is 3.29. The molecule has 1 heterocycles. The van der Waals surface area contributed by atoms with E-state index >= 15 is 0 Å². The Kier molecular flexibility index (Phi) is 3.27. The number of rotatable bonds is 1. The number of halogens is 1. The Labute approximate surface area is 168 Å². The van der Waals surface area contributed by atoms with Crippen molar-refractivity contribution >= 4 is 33.4 Å². The van der Waals surface area contributed by atoms with E-state index in [1.54, 1.807) is 0 Å². The van der Waals surface area contributed by atoms with Gasteiger partial charge in [0.1, 0.15) is 0 Å². The topological polar surface area (TPSA) is 4.93 Å². The Morgan fingerprint density at radius 1 is 0.679 bits per heavy atom. The van der Waals surface area contributed by atoms with Crippen molar-refractivity contribution in [2.75, 3.05) is 0 Å². The van der Waals surface area contributed by atoms with E-state index in [1.165, 1.54) is 55.2 Å². The number of aryl methyl sites for hydroxylation is 1. The Balaban J connectivity index is 1.56. The van der Waals surface area contributed by atoms with Gasteiger partial charge in [-0.2, -0.15) is 0 Å². The van der Waals surface area contributed by atoms with Gasteiger partial charge in [0.2, 0.25) is 0 Å². The Morgan fingerprint density at radius 3 is 2.39 bits per heavy atom. The van der Waals surface area contributed by atoms with E-state index in [2.05, 4.69) is 78.3 Å². The lowest BCUT2D eigenvalue weighted by Crippen LogP contribution is -1.87. The zero-order valence-electron chi connectivity index (χ0n) is 15.5. The van der Waals surface area contributed by atoms with Crippen molar-refractivity contribution < 1.29 is 0 Å². The molecule has 2 heteroatoms. The SMILES string of the molecule is Cn1c2ccc(-c3ccc4c(c3)-c3ccccc3C4)cc2c2ccc(Cl)cc21. The first-order valence-electron chi connectivity index (χ1n) is 9.58. The van der Waals surface area contributed by atoms with Gasteiger partial charge < -0.3 is 4.57 Å². The fourth-order valence-corrected chi connectivity index (χ4v) is 4.83. The second kappa shape index (κ2) is 5.73. The number of nitrogens with zero attached hydrogens (tertiary/aromatic N) is 1. The fourth-order valence-electron chi connectivity index (χ4n) is 4.67. The van der Waals surface area contributed by atoms with E-state index in [1.807, 2.05) is 12.1 Å². The molecule has 0 spiro atoms. The normalized spacial score (nSPS) is 12.5. The van der Waals surface area contributed by atoms with Crippen LogP contribution >= 0.6 is 11.6 Å². The van der Waals surface area contributed by atoms with Gasteiger partial charge in [0, 0.05) is 28.4 Å². The van der Waals surface area contributed by atoms with Crippen molar-refractivity contribution in [2.45, 2.75) is 6.42 Å². The molecule has 0 saturated heterocycles. The van der Waals surface area contributed by atoms with E-state index in [9.17, 15) is 0 Å². The molecule has 0 atom stereocenters. The standard InChI is InChI=1S/C26H18ClN/c1-28-25-11-8-17(14-24(25)22-10-9-20(27)15-26(22)28)16-6-7-19-12-18-4-2-3-5-21(18)23(19)13-16/h2-11,13-15H,12H2,1H3. The molecule has 0 aliphatic heterocycles. The predicted molar refractivity (Wildman–Crippen MR) is 119 cm³/mol. The summed E-state index contributed by atoms with van der Waals surface area (Å²) in [6.07, 6.45) is 1.04. The number of hydrogen-bond acceptors (Lipinski definition) is 0. The molecule has 6 rings (SSSR count). The van der Waals surface area contributed by atoms with Crippen molar-refractivity contribution in [3.05, 3.63) is 95.0 Å². The average Bonchev–Trinajstić information content (AvgIpc) is 3.23. The monoisotopic (exact) mass is 379 g/mol. The van der Waals surface area contributed by atoms with Gasteiger partial charge in [-0.05, 0) is 70.1 Å². The number of fused-ring (bicyclic) bond motifs is 6. The molecular weight excluding hydrogens is 362 g/mol. The van der Waals surface area contributed by atoms with Crippen LogP contribution in [-0.2, 0) is 13.5 Å². The van der Waals surface area contributed by atoms with Crippen LogP contribution < -0.4 is 0 Å².